The summed E-state index contributed by atoms with van der Waals surface area (Å²) in [5, 5.41) is 21.1. The molecule has 5 aromatic rings. The molecule has 0 amide bonds. The summed E-state index contributed by atoms with van der Waals surface area (Å²) in [5.74, 6) is -2.59. The van der Waals surface area contributed by atoms with Crippen LogP contribution >= 0.6 is 11.3 Å². The van der Waals surface area contributed by atoms with Crippen molar-refractivity contribution in [2.24, 2.45) is 11.1 Å². The van der Waals surface area contributed by atoms with Crippen LogP contribution in [0, 0.1) is 17.6 Å². The first kappa shape index (κ1) is 31.7. The van der Waals surface area contributed by atoms with Gasteiger partial charge in [0.15, 0.2) is 11.5 Å². The zero-order valence-electron chi connectivity index (χ0n) is 23.6. The fourth-order valence-electron chi connectivity index (χ4n) is 5.15. The zero-order chi connectivity index (χ0) is 33.0. The van der Waals surface area contributed by atoms with E-state index in [0.717, 1.165) is 48.4 Å². The molecule has 2 heterocycles. The van der Waals surface area contributed by atoms with E-state index >= 15 is 4.39 Å². The second-order valence-electron chi connectivity index (χ2n) is 10.9. The van der Waals surface area contributed by atoms with Crippen LogP contribution in [0.4, 0.5) is 22.0 Å². The van der Waals surface area contributed by atoms with Crippen molar-refractivity contribution in [1.29, 1.82) is 0 Å². The summed E-state index contributed by atoms with van der Waals surface area (Å²) < 4.78 is 92.6. The molecule has 46 heavy (non-hydrogen) atoms. The molecule has 6 rings (SSSR count). The normalized spacial score (nSPS) is 14.8. The van der Waals surface area contributed by atoms with Crippen LogP contribution in [0.1, 0.15) is 45.7 Å². The first-order valence-corrected chi connectivity index (χ1v) is 16.2. The van der Waals surface area contributed by atoms with Gasteiger partial charge in [-0.2, -0.15) is 22.8 Å². The average Bonchev–Trinajstić information content (AvgIpc) is 3.54. The molecule has 1 fully saturated rings. The van der Waals surface area contributed by atoms with Crippen molar-refractivity contribution in [2.45, 2.75) is 36.8 Å². The van der Waals surface area contributed by atoms with Crippen molar-refractivity contribution in [2.75, 3.05) is 0 Å². The number of alkyl halides is 3. The Labute approximate surface area is 263 Å². The van der Waals surface area contributed by atoms with Gasteiger partial charge in [-0.15, -0.1) is 16.5 Å². The van der Waals surface area contributed by atoms with Gasteiger partial charge in [-0.25, -0.2) is 23.2 Å². The number of benzene rings is 3. The number of aromatic carboxylic acids is 1. The van der Waals surface area contributed by atoms with Gasteiger partial charge in [0.25, 0.3) is 0 Å². The van der Waals surface area contributed by atoms with Crippen LogP contribution in [0.5, 0.6) is 0 Å². The van der Waals surface area contributed by atoms with Gasteiger partial charge in [-0.1, -0.05) is 18.2 Å². The minimum atomic E-state index is -4.57. The van der Waals surface area contributed by atoms with Gasteiger partial charge in [0.2, 0.25) is 10.0 Å². The molecule has 1 unspecified atom stereocenters. The van der Waals surface area contributed by atoms with Crippen LogP contribution in [0.25, 0.3) is 27.5 Å². The molecule has 3 aromatic carbocycles. The zero-order valence-corrected chi connectivity index (χ0v) is 25.2. The number of thiazole rings is 1. The van der Waals surface area contributed by atoms with Gasteiger partial charge in [0, 0.05) is 34.6 Å². The third kappa shape index (κ3) is 6.49. The Kier molecular flexibility index (Phi) is 8.13. The van der Waals surface area contributed by atoms with Gasteiger partial charge in [0.05, 0.1) is 17.0 Å². The van der Waals surface area contributed by atoms with Crippen molar-refractivity contribution in [3.8, 4) is 27.5 Å². The Morgan fingerprint density at radius 2 is 1.72 bits per heavy atom. The number of rotatable bonds is 9. The fourth-order valence-corrected chi connectivity index (χ4v) is 6.53. The molecule has 8 nitrogen and oxygen atoms in total. The van der Waals surface area contributed by atoms with E-state index in [4.69, 9.17) is 10.2 Å². The number of hydrogen-bond acceptors (Lipinski definition) is 5. The Morgan fingerprint density at radius 1 is 1.02 bits per heavy atom. The highest BCUT2D eigenvalue weighted by molar-refractivity contribution is 7.95. The van der Waals surface area contributed by atoms with Crippen LogP contribution in [0.3, 0.4) is 0 Å². The Hall–Kier alpha value is -4.31. The molecule has 1 saturated carbocycles. The number of nitrogens with zero attached hydrogens (tertiary/aromatic N) is 3. The van der Waals surface area contributed by atoms with E-state index in [9.17, 15) is 36.2 Å². The first-order valence-electron chi connectivity index (χ1n) is 13.8. The third-order valence-electron chi connectivity index (χ3n) is 7.62. The van der Waals surface area contributed by atoms with Crippen LogP contribution < -0.4 is 5.14 Å². The minimum Gasteiger partial charge on any atom is -0.476 e. The number of carboxylic acids is 1. The maximum atomic E-state index is 15.1. The highest BCUT2D eigenvalue weighted by Gasteiger charge is 2.32. The van der Waals surface area contributed by atoms with Gasteiger partial charge in [0.1, 0.15) is 5.82 Å². The number of aromatic nitrogens is 3. The molecule has 0 bridgehead atoms. The van der Waals surface area contributed by atoms with Crippen molar-refractivity contribution >= 4 is 27.7 Å². The van der Waals surface area contributed by atoms with Crippen molar-refractivity contribution < 1.29 is 40.6 Å². The van der Waals surface area contributed by atoms with Crippen molar-refractivity contribution in [3.05, 3.63) is 106 Å². The van der Waals surface area contributed by atoms with E-state index in [2.05, 4.69) is 4.98 Å². The average molecular weight is 676 g/mol. The van der Waals surface area contributed by atoms with E-state index in [0.29, 0.717) is 40.4 Å². The molecule has 238 valence electrons. The smallest absolute Gasteiger partial charge is 0.416 e. The number of carbonyl (C=O) groups is 1. The lowest BCUT2D eigenvalue weighted by Gasteiger charge is -2.11. The number of carboxylic acid groups (broad SMARTS) is 1. The SMILES string of the molecule is N[S+](=O)(O)c1ccc(Cc2c(-c3ccc(F)c(-c4ccc(C(F)(F)F)cc4)c3)nn(-c3nc(C(=O)O)cs3)c2CC2CC2)cc1F. The molecule has 2 aromatic heterocycles. The summed E-state index contributed by atoms with van der Waals surface area (Å²) >= 11 is 1.05. The summed E-state index contributed by atoms with van der Waals surface area (Å²) in [6.45, 7) is 0. The molecule has 0 spiro atoms. The lowest BCUT2D eigenvalue weighted by atomic mass is 9.94. The number of halogens is 5. The standard InChI is InChI=1S/C31H23F5N4O4S2/c32-23-9-6-19(14-21(23)18-4-7-20(8-5-18)31(34,35)36)28-22(11-17-3-10-27(24(33)12-17)46(37,43)44)26(13-16-1-2-16)40(39-28)30-38-25(15-45-30)29(41)42/h3-10,12,14-16H,1-2,11,13H2,(H3-,37,41,42,43,44)/p+1. The van der Waals surface area contributed by atoms with E-state index < -0.39 is 44.6 Å². The summed E-state index contributed by atoms with van der Waals surface area (Å²) in [7, 11) is -4.07. The molecule has 1 aliphatic rings. The Bertz CT molecular complexity index is 2010. The second-order valence-corrected chi connectivity index (χ2v) is 13.3. The number of nitrogens with two attached hydrogens (primary N) is 1. The highest BCUT2D eigenvalue weighted by atomic mass is 32.3. The summed E-state index contributed by atoms with van der Waals surface area (Å²) in [6.07, 6.45) is -2.10. The second kappa shape index (κ2) is 11.8. The molecule has 0 saturated heterocycles. The van der Waals surface area contributed by atoms with Crippen molar-refractivity contribution in [1.82, 2.24) is 14.8 Å². The van der Waals surface area contributed by atoms with E-state index in [-0.39, 0.29) is 28.4 Å². The van der Waals surface area contributed by atoms with Gasteiger partial charge < -0.3 is 5.11 Å². The molecule has 15 heteroatoms. The fraction of sp³-hybridized carbons (Fsp3) is 0.194. The summed E-state index contributed by atoms with van der Waals surface area (Å²) in [4.78, 5) is 15.3. The monoisotopic (exact) mass is 675 g/mol. The Morgan fingerprint density at radius 3 is 2.30 bits per heavy atom. The highest BCUT2D eigenvalue weighted by Crippen LogP contribution is 2.40. The third-order valence-corrected chi connectivity index (χ3v) is 9.39. The van der Waals surface area contributed by atoms with Crippen molar-refractivity contribution in [3.63, 3.8) is 0 Å². The van der Waals surface area contributed by atoms with Gasteiger partial charge >= 0.3 is 22.5 Å². The molecule has 0 radical (unpaired) electrons. The van der Waals surface area contributed by atoms with Crippen LogP contribution in [0.15, 0.2) is 70.9 Å². The lowest BCUT2D eigenvalue weighted by Crippen LogP contribution is -2.22. The lowest BCUT2D eigenvalue weighted by molar-refractivity contribution is -0.137. The minimum absolute atomic E-state index is 0.0222. The largest absolute Gasteiger partial charge is 0.476 e. The summed E-state index contributed by atoms with van der Waals surface area (Å²) in [5.41, 5.74) is 1.55. The molecule has 4 N–H and O–H groups in total. The van der Waals surface area contributed by atoms with E-state index in [1.165, 1.54) is 46.5 Å². The van der Waals surface area contributed by atoms with Crippen LogP contribution in [-0.2, 0) is 33.6 Å². The van der Waals surface area contributed by atoms with E-state index in [1.807, 2.05) is 0 Å². The number of hydrogen-bond donors (Lipinski definition) is 3. The molecule has 0 aliphatic heterocycles. The topological polar surface area (TPSA) is 131 Å². The predicted octanol–water partition coefficient (Wildman–Crippen LogP) is 7.41. The van der Waals surface area contributed by atoms with Crippen LogP contribution in [0.2, 0.25) is 0 Å². The van der Waals surface area contributed by atoms with E-state index in [1.54, 1.807) is 0 Å². The molecular formula is C31H24F5N4O4S2+. The van der Waals surface area contributed by atoms with Crippen LogP contribution in [-0.4, -0.2) is 30.4 Å². The quantitative estimate of drug-likeness (QED) is 0.110. The maximum absolute atomic E-state index is 15.1. The Balaban J connectivity index is 1.52. The van der Waals surface area contributed by atoms with Gasteiger partial charge in [-0.3, -0.25) is 0 Å². The first-order chi connectivity index (χ1) is 21.7. The maximum Gasteiger partial charge on any atom is 0.416 e. The predicted molar refractivity (Wildman–Crippen MR) is 161 cm³/mol. The summed E-state index contributed by atoms with van der Waals surface area (Å²) in [6, 6.07) is 11.8. The molecule has 1 aliphatic carbocycles. The molecular weight excluding hydrogens is 651 g/mol. The van der Waals surface area contributed by atoms with Gasteiger partial charge in [-0.05, 0) is 76.9 Å². The molecule has 1 atom stereocenters.